The van der Waals surface area contributed by atoms with E-state index in [2.05, 4.69) is 59.0 Å². The Kier molecular flexibility index (Phi) is 7.56. The molecular weight excluding hydrogens is 423 g/mol. The maximum absolute atomic E-state index is 12.0. The molecule has 0 aromatic heterocycles. The van der Waals surface area contributed by atoms with E-state index in [4.69, 9.17) is 0 Å². The molecule has 2 nitrogen and oxygen atoms in total. The van der Waals surface area contributed by atoms with E-state index >= 15 is 0 Å². The van der Waals surface area contributed by atoms with E-state index in [1.54, 1.807) is 0 Å². The molecule has 0 saturated heterocycles. The fraction of sp³-hybridized carbons (Fsp3) is 0.273. The second kappa shape index (κ2) is 9.66. The molecule has 0 N–H and O–H groups in total. The first-order valence-electron chi connectivity index (χ1n) is 8.61. The number of carbonyl (C=O) groups is 2. The van der Waals surface area contributed by atoms with E-state index < -0.39 is 5.92 Å². The summed E-state index contributed by atoms with van der Waals surface area (Å²) < 4.78 is 1.22. The highest BCUT2D eigenvalue weighted by molar-refractivity contribution is 14.1. The summed E-state index contributed by atoms with van der Waals surface area (Å²) in [5.41, 5.74) is 3.29. The summed E-state index contributed by atoms with van der Waals surface area (Å²) in [4.78, 5) is 24.1. The third-order valence-corrected chi connectivity index (χ3v) is 4.95. The zero-order valence-electron chi connectivity index (χ0n) is 14.7. The number of ketones is 2. The average Bonchev–Trinajstić information content (AvgIpc) is 2.65. The Morgan fingerprint density at radius 2 is 1.28 bits per heavy atom. The van der Waals surface area contributed by atoms with Gasteiger partial charge in [-0.2, -0.15) is 0 Å². The molecule has 0 radical (unpaired) electrons. The van der Waals surface area contributed by atoms with Crippen LogP contribution in [0.5, 0.6) is 0 Å². The lowest BCUT2D eigenvalue weighted by atomic mass is 9.89. The maximum Gasteiger partial charge on any atom is 0.143 e. The minimum Gasteiger partial charge on any atom is -0.299 e. The van der Waals surface area contributed by atoms with Crippen LogP contribution in [-0.4, -0.2) is 11.6 Å². The van der Waals surface area contributed by atoms with Gasteiger partial charge in [-0.3, -0.25) is 9.59 Å². The molecule has 0 heterocycles. The number of carbonyl (C=O) groups excluding carboxylic acids is 2. The molecule has 0 spiro atoms. The van der Waals surface area contributed by atoms with E-state index in [0.717, 1.165) is 16.7 Å². The minimum atomic E-state index is -0.497. The van der Waals surface area contributed by atoms with Gasteiger partial charge in [-0.25, -0.2) is 0 Å². The van der Waals surface area contributed by atoms with Crippen molar-refractivity contribution in [3.63, 3.8) is 0 Å². The van der Waals surface area contributed by atoms with Crippen molar-refractivity contribution in [3.8, 4) is 0 Å². The number of rotatable bonds is 8. The molecular formula is C22H23IO2. The molecule has 0 aliphatic heterocycles. The lowest BCUT2D eigenvalue weighted by Crippen LogP contribution is -2.25. The standard InChI is InChI=1S/C22H23IO2/c1-3-21(24)20(22(25)4-2)15-18-9-7-16(8-10-18)5-6-17-11-13-19(23)14-12-17/h5-14,20H,3-4,15H2,1-2H3/b6-5+. The average molecular weight is 446 g/mol. The fourth-order valence-electron chi connectivity index (χ4n) is 2.67. The highest BCUT2D eigenvalue weighted by atomic mass is 127. The van der Waals surface area contributed by atoms with E-state index in [9.17, 15) is 9.59 Å². The molecule has 0 atom stereocenters. The van der Waals surface area contributed by atoms with Crippen molar-refractivity contribution in [1.29, 1.82) is 0 Å². The van der Waals surface area contributed by atoms with Crippen LogP contribution in [0.15, 0.2) is 48.5 Å². The van der Waals surface area contributed by atoms with Crippen molar-refractivity contribution >= 4 is 46.3 Å². The van der Waals surface area contributed by atoms with Crippen LogP contribution in [0.2, 0.25) is 0 Å². The van der Waals surface area contributed by atoms with Crippen molar-refractivity contribution in [3.05, 3.63) is 68.8 Å². The Morgan fingerprint density at radius 1 is 0.840 bits per heavy atom. The summed E-state index contributed by atoms with van der Waals surface area (Å²) in [7, 11) is 0. The molecule has 0 aliphatic rings. The molecule has 130 valence electrons. The van der Waals surface area contributed by atoms with Crippen molar-refractivity contribution in [2.45, 2.75) is 33.1 Å². The van der Waals surface area contributed by atoms with Crippen molar-refractivity contribution in [2.75, 3.05) is 0 Å². The smallest absolute Gasteiger partial charge is 0.143 e. The van der Waals surface area contributed by atoms with Crippen LogP contribution in [0.4, 0.5) is 0 Å². The predicted molar refractivity (Wildman–Crippen MR) is 112 cm³/mol. The highest BCUT2D eigenvalue weighted by Gasteiger charge is 2.23. The Morgan fingerprint density at radius 3 is 1.72 bits per heavy atom. The number of halogens is 1. The third kappa shape index (κ3) is 5.92. The monoisotopic (exact) mass is 446 g/mol. The summed E-state index contributed by atoms with van der Waals surface area (Å²) in [5, 5.41) is 0. The van der Waals surface area contributed by atoms with Crippen LogP contribution in [0.3, 0.4) is 0 Å². The van der Waals surface area contributed by atoms with Gasteiger partial charge in [-0.05, 0) is 57.8 Å². The summed E-state index contributed by atoms with van der Waals surface area (Å²) in [6.07, 6.45) is 5.47. The van der Waals surface area contributed by atoms with Crippen LogP contribution in [0.1, 0.15) is 43.4 Å². The molecule has 3 heteroatoms. The van der Waals surface area contributed by atoms with Gasteiger partial charge in [0.2, 0.25) is 0 Å². The number of benzene rings is 2. The molecule has 0 bridgehead atoms. The van der Waals surface area contributed by atoms with Crippen LogP contribution >= 0.6 is 22.6 Å². The highest BCUT2D eigenvalue weighted by Crippen LogP contribution is 2.17. The Bertz CT molecular complexity index is 727. The number of hydrogen-bond acceptors (Lipinski definition) is 2. The maximum atomic E-state index is 12.0. The van der Waals surface area contributed by atoms with Crippen molar-refractivity contribution in [1.82, 2.24) is 0 Å². The number of hydrogen-bond donors (Lipinski definition) is 0. The topological polar surface area (TPSA) is 34.1 Å². The van der Waals surface area contributed by atoms with Gasteiger partial charge in [-0.15, -0.1) is 0 Å². The van der Waals surface area contributed by atoms with Crippen LogP contribution in [0.25, 0.3) is 12.2 Å². The zero-order valence-corrected chi connectivity index (χ0v) is 16.8. The largest absolute Gasteiger partial charge is 0.299 e. The van der Waals surface area contributed by atoms with Gasteiger partial charge >= 0.3 is 0 Å². The zero-order chi connectivity index (χ0) is 18.2. The molecule has 0 unspecified atom stereocenters. The fourth-order valence-corrected chi connectivity index (χ4v) is 3.03. The van der Waals surface area contributed by atoms with E-state index in [-0.39, 0.29) is 11.6 Å². The van der Waals surface area contributed by atoms with Gasteiger partial charge in [0, 0.05) is 16.4 Å². The van der Waals surface area contributed by atoms with E-state index in [1.807, 2.05) is 38.1 Å². The molecule has 0 aliphatic carbocycles. The first kappa shape index (κ1) is 19.6. The summed E-state index contributed by atoms with van der Waals surface area (Å²) in [5.74, 6) is -0.424. The SMILES string of the molecule is CCC(=O)C(Cc1ccc(/C=C/c2ccc(I)cc2)cc1)C(=O)CC. The summed E-state index contributed by atoms with van der Waals surface area (Å²) in [6, 6.07) is 16.4. The lowest BCUT2D eigenvalue weighted by Gasteiger charge is -2.13. The first-order valence-corrected chi connectivity index (χ1v) is 9.69. The molecule has 2 rings (SSSR count). The quantitative estimate of drug-likeness (QED) is 0.302. The minimum absolute atomic E-state index is 0.0366. The van der Waals surface area contributed by atoms with Crippen LogP contribution in [-0.2, 0) is 16.0 Å². The first-order chi connectivity index (χ1) is 12.0. The molecule has 0 saturated carbocycles. The van der Waals surface area contributed by atoms with Crippen molar-refractivity contribution < 1.29 is 9.59 Å². The van der Waals surface area contributed by atoms with Gasteiger partial charge in [0.1, 0.15) is 11.6 Å². The Hall–Kier alpha value is -1.75. The summed E-state index contributed by atoms with van der Waals surface area (Å²) in [6.45, 7) is 3.63. The van der Waals surface area contributed by atoms with E-state index in [0.29, 0.717) is 19.3 Å². The van der Waals surface area contributed by atoms with Crippen LogP contribution < -0.4 is 0 Å². The normalized spacial score (nSPS) is 11.2. The van der Waals surface area contributed by atoms with E-state index in [1.165, 1.54) is 3.57 Å². The summed E-state index contributed by atoms with van der Waals surface area (Å²) >= 11 is 2.29. The second-order valence-electron chi connectivity index (χ2n) is 6.02. The van der Waals surface area contributed by atoms with Gasteiger partial charge in [0.15, 0.2) is 0 Å². The van der Waals surface area contributed by atoms with Gasteiger partial charge in [0.05, 0.1) is 5.92 Å². The second-order valence-corrected chi connectivity index (χ2v) is 7.27. The number of Topliss-reactive ketones (excluding diaryl/α,β-unsaturated/α-hetero) is 2. The lowest BCUT2D eigenvalue weighted by molar-refractivity contribution is -0.132. The molecule has 2 aromatic rings. The predicted octanol–water partition coefficient (Wildman–Crippen LogP) is 5.58. The third-order valence-electron chi connectivity index (χ3n) is 4.23. The Balaban J connectivity index is 2.06. The van der Waals surface area contributed by atoms with Gasteiger partial charge in [-0.1, -0.05) is 62.4 Å². The van der Waals surface area contributed by atoms with Crippen molar-refractivity contribution in [2.24, 2.45) is 5.92 Å². The molecule has 0 fully saturated rings. The molecule has 2 aromatic carbocycles. The van der Waals surface area contributed by atoms with Gasteiger partial charge in [0.25, 0.3) is 0 Å². The Labute approximate surface area is 163 Å². The molecule has 25 heavy (non-hydrogen) atoms. The molecule has 0 amide bonds. The van der Waals surface area contributed by atoms with Gasteiger partial charge < -0.3 is 0 Å². The van der Waals surface area contributed by atoms with Crippen LogP contribution in [0, 0.1) is 9.49 Å².